The summed E-state index contributed by atoms with van der Waals surface area (Å²) in [6.45, 7) is 2.98. The number of benzene rings is 1. The Kier molecular flexibility index (Phi) is 4.74. The molecule has 0 amide bonds. The number of aryl methyl sites for hydroxylation is 1. The molecule has 0 bridgehead atoms. The van der Waals surface area contributed by atoms with Gasteiger partial charge in [0.1, 0.15) is 0 Å². The first-order valence-electron chi connectivity index (χ1n) is 6.71. The van der Waals surface area contributed by atoms with Crippen molar-refractivity contribution in [2.45, 2.75) is 19.4 Å². The minimum Gasteiger partial charge on any atom is -0.494 e. The fourth-order valence-corrected chi connectivity index (χ4v) is 2.16. The highest BCUT2D eigenvalue weighted by Gasteiger charge is 2.17. The van der Waals surface area contributed by atoms with Crippen LogP contribution in [0.1, 0.15) is 30.5 Å². The van der Waals surface area contributed by atoms with Crippen LogP contribution in [-0.4, -0.2) is 23.4 Å². The number of hydrogen-bond acceptors (Lipinski definition) is 3. The molecule has 1 unspecified atom stereocenters. The lowest BCUT2D eigenvalue weighted by Gasteiger charge is -2.18. The summed E-state index contributed by atoms with van der Waals surface area (Å²) in [6.07, 6.45) is 4.81. The lowest BCUT2D eigenvalue weighted by Crippen LogP contribution is -2.23. The maximum Gasteiger partial charge on any atom is 0.165 e. The molecule has 0 radical (unpaired) electrons. The van der Waals surface area contributed by atoms with Crippen LogP contribution in [0.15, 0.2) is 30.6 Å². The van der Waals surface area contributed by atoms with E-state index in [4.69, 9.17) is 4.74 Å². The van der Waals surface area contributed by atoms with Crippen LogP contribution in [0.2, 0.25) is 0 Å². The van der Waals surface area contributed by atoms with Crippen molar-refractivity contribution in [2.24, 2.45) is 7.05 Å². The first-order valence-corrected chi connectivity index (χ1v) is 6.71. The summed E-state index contributed by atoms with van der Waals surface area (Å²) in [5.41, 5.74) is 2.01. The smallest absolute Gasteiger partial charge is 0.165 e. The van der Waals surface area contributed by atoms with Crippen LogP contribution in [-0.2, 0) is 7.05 Å². The van der Waals surface area contributed by atoms with Gasteiger partial charge < -0.3 is 10.1 Å². The lowest BCUT2D eigenvalue weighted by atomic mass is 10.0. The van der Waals surface area contributed by atoms with Gasteiger partial charge >= 0.3 is 0 Å². The van der Waals surface area contributed by atoms with Gasteiger partial charge in [-0.25, -0.2) is 4.39 Å². The van der Waals surface area contributed by atoms with Crippen LogP contribution < -0.4 is 10.1 Å². The molecule has 0 saturated carbocycles. The molecule has 1 heterocycles. The van der Waals surface area contributed by atoms with E-state index in [1.165, 1.54) is 13.2 Å². The molecule has 0 fully saturated rings. The summed E-state index contributed by atoms with van der Waals surface area (Å²) in [5, 5.41) is 7.66. The Bertz CT molecular complexity index is 568. The minimum absolute atomic E-state index is 0.0156. The van der Waals surface area contributed by atoms with Crippen LogP contribution in [0, 0.1) is 5.82 Å². The summed E-state index contributed by atoms with van der Waals surface area (Å²) in [5.74, 6) is -0.0913. The normalized spacial score (nSPS) is 12.4. The van der Waals surface area contributed by atoms with E-state index in [0.29, 0.717) is 0 Å². The van der Waals surface area contributed by atoms with Gasteiger partial charge in [-0.2, -0.15) is 5.10 Å². The van der Waals surface area contributed by atoms with E-state index in [2.05, 4.69) is 17.3 Å². The second-order valence-corrected chi connectivity index (χ2v) is 4.73. The molecule has 108 valence electrons. The zero-order chi connectivity index (χ0) is 14.5. The highest BCUT2D eigenvalue weighted by atomic mass is 19.1. The molecule has 1 N–H and O–H groups in total. The van der Waals surface area contributed by atoms with E-state index in [9.17, 15) is 4.39 Å². The monoisotopic (exact) mass is 277 g/mol. The number of ether oxygens (including phenoxy) is 1. The second kappa shape index (κ2) is 6.52. The number of nitrogens with one attached hydrogen (secondary N) is 1. The number of hydrogen-bond donors (Lipinski definition) is 1. The Balaban J connectivity index is 2.35. The van der Waals surface area contributed by atoms with Gasteiger partial charge in [0.2, 0.25) is 0 Å². The van der Waals surface area contributed by atoms with Gasteiger partial charge in [-0.3, -0.25) is 4.68 Å². The van der Waals surface area contributed by atoms with Crippen LogP contribution in [0.25, 0.3) is 0 Å². The summed E-state index contributed by atoms with van der Waals surface area (Å²) in [6, 6.07) is 4.93. The van der Waals surface area contributed by atoms with E-state index in [-0.39, 0.29) is 17.6 Å². The van der Waals surface area contributed by atoms with Crippen LogP contribution >= 0.6 is 0 Å². The van der Waals surface area contributed by atoms with Gasteiger partial charge in [0.25, 0.3) is 0 Å². The summed E-state index contributed by atoms with van der Waals surface area (Å²) in [7, 11) is 3.35. The molecular weight excluding hydrogens is 257 g/mol. The maximum absolute atomic E-state index is 13.5. The Morgan fingerprint density at radius 1 is 1.40 bits per heavy atom. The van der Waals surface area contributed by atoms with Crippen LogP contribution in [0.4, 0.5) is 4.39 Å². The largest absolute Gasteiger partial charge is 0.494 e. The van der Waals surface area contributed by atoms with E-state index >= 15 is 0 Å². The van der Waals surface area contributed by atoms with E-state index < -0.39 is 0 Å². The molecule has 20 heavy (non-hydrogen) atoms. The predicted molar refractivity (Wildman–Crippen MR) is 76.3 cm³/mol. The third-order valence-corrected chi connectivity index (χ3v) is 3.17. The minimum atomic E-state index is -0.350. The van der Waals surface area contributed by atoms with Gasteiger partial charge in [0, 0.05) is 18.8 Å². The fraction of sp³-hybridized carbons (Fsp3) is 0.400. The standard InChI is InChI=1S/C15H20FN3O/c1-4-7-17-15(12-9-18-19(2)10-12)11-5-6-13(16)14(8-11)20-3/h5-6,8-10,15,17H,4,7H2,1-3H3. The first kappa shape index (κ1) is 14.5. The molecule has 0 spiro atoms. The van der Waals surface area contributed by atoms with Gasteiger partial charge in [-0.1, -0.05) is 13.0 Å². The van der Waals surface area contributed by atoms with Crippen LogP contribution in [0.5, 0.6) is 5.75 Å². The van der Waals surface area contributed by atoms with Crippen molar-refractivity contribution in [1.29, 1.82) is 0 Å². The third kappa shape index (κ3) is 3.17. The number of nitrogens with zero attached hydrogens (tertiary/aromatic N) is 2. The molecule has 0 aliphatic carbocycles. The topological polar surface area (TPSA) is 39.1 Å². The van der Waals surface area contributed by atoms with Gasteiger partial charge in [-0.05, 0) is 30.7 Å². The first-order chi connectivity index (χ1) is 9.65. The third-order valence-electron chi connectivity index (χ3n) is 3.17. The lowest BCUT2D eigenvalue weighted by molar-refractivity contribution is 0.385. The fourth-order valence-electron chi connectivity index (χ4n) is 2.16. The number of aromatic nitrogens is 2. The van der Waals surface area contributed by atoms with Crippen molar-refractivity contribution in [1.82, 2.24) is 15.1 Å². The highest BCUT2D eigenvalue weighted by molar-refractivity contribution is 5.36. The van der Waals surface area contributed by atoms with Crippen molar-refractivity contribution in [2.75, 3.05) is 13.7 Å². The molecule has 5 heteroatoms. The van der Waals surface area contributed by atoms with Gasteiger partial charge in [0.15, 0.2) is 11.6 Å². The predicted octanol–water partition coefficient (Wildman–Crippen LogP) is 2.66. The molecule has 2 rings (SSSR count). The summed E-state index contributed by atoms with van der Waals surface area (Å²) in [4.78, 5) is 0. The molecule has 1 atom stereocenters. The summed E-state index contributed by atoms with van der Waals surface area (Å²) >= 11 is 0. The second-order valence-electron chi connectivity index (χ2n) is 4.73. The molecular formula is C15H20FN3O. The number of methoxy groups -OCH3 is 1. The molecule has 1 aromatic heterocycles. The summed E-state index contributed by atoms with van der Waals surface area (Å²) < 4.78 is 20.3. The Morgan fingerprint density at radius 3 is 2.80 bits per heavy atom. The molecule has 0 aliphatic rings. The van der Waals surface area contributed by atoms with Gasteiger partial charge in [0.05, 0.1) is 19.3 Å². The molecule has 2 aromatic rings. The van der Waals surface area contributed by atoms with E-state index in [1.807, 2.05) is 19.4 Å². The Morgan fingerprint density at radius 2 is 2.20 bits per heavy atom. The molecule has 4 nitrogen and oxygen atoms in total. The number of rotatable bonds is 6. The molecule has 0 aliphatic heterocycles. The maximum atomic E-state index is 13.5. The number of halogens is 1. The Hall–Kier alpha value is -1.88. The van der Waals surface area contributed by atoms with Crippen molar-refractivity contribution in [3.63, 3.8) is 0 Å². The highest BCUT2D eigenvalue weighted by Crippen LogP contribution is 2.26. The Labute approximate surface area is 118 Å². The quantitative estimate of drug-likeness (QED) is 0.882. The zero-order valence-electron chi connectivity index (χ0n) is 12.1. The van der Waals surface area contributed by atoms with Crippen molar-refractivity contribution >= 4 is 0 Å². The van der Waals surface area contributed by atoms with E-state index in [0.717, 1.165) is 24.1 Å². The average molecular weight is 277 g/mol. The average Bonchev–Trinajstić information content (AvgIpc) is 2.87. The van der Waals surface area contributed by atoms with Crippen LogP contribution in [0.3, 0.4) is 0 Å². The van der Waals surface area contributed by atoms with Crippen molar-refractivity contribution < 1.29 is 9.13 Å². The molecule has 1 aromatic carbocycles. The molecule has 0 saturated heterocycles. The SMILES string of the molecule is CCCNC(c1ccc(F)c(OC)c1)c1cnn(C)c1. The zero-order valence-corrected chi connectivity index (χ0v) is 12.1. The van der Waals surface area contributed by atoms with Crippen molar-refractivity contribution in [3.05, 3.63) is 47.5 Å². The van der Waals surface area contributed by atoms with Crippen molar-refractivity contribution in [3.8, 4) is 5.75 Å². The van der Waals surface area contributed by atoms with Gasteiger partial charge in [-0.15, -0.1) is 0 Å². The van der Waals surface area contributed by atoms with E-state index in [1.54, 1.807) is 16.8 Å².